The van der Waals surface area contributed by atoms with Gasteiger partial charge in [-0.15, -0.1) is 12.4 Å². The second-order valence-electron chi connectivity index (χ2n) is 3.53. The van der Waals surface area contributed by atoms with Gasteiger partial charge < -0.3 is 11.1 Å². The van der Waals surface area contributed by atoms with Crippen LogP contribution in [-0.4, -0.2) is 15.8 Å². The first-order valence-electron chi connectivity index (χ1n) is 5.19. The highest BCUT2D eigenvalue weighted by atomic mass is 35.5. The van der Waals surface area contributed by atoms with Gasteiger partial charge in [-0.3, -0.25) is 10.4 Å². The van der Waals surface area contributed by atoms with Gasteiger partial charge in [0.05, 0.1) is 5.56 Å². The van der Waals surface area contributed by atoms with Crippen molar-refractivity contribution >= 4 is 24.1 Å². The van der Waals surface area contributed by atoms with Crippen molar-refractivity contribution in [2.75, 3.05) is 5.32 Å². The minimum Gasteiger partial charge on any atom is -0.384 e. The van der Waals surface area contributed by atoms with Crippen LogP contribution in [0, 0.1) is 5.41 Å². The molecule has 94 valence electrons. The Labute approximate surface area is 111 Å². The smallest absolute Gasteiger partial charge is 0.137 e. The Hall–Kier alpha value is -2.14. The van der Waals surface area contributed by atoms with Crippen molar-refractivity contribution < 1.29 is 0 Å². The molecule has 0 aromatic carbocycles. The molecule has 0 bridgehead atoms. The van der Waals surface area contributed by atoms with Gasteiger partial charge in [-0.2, -0.15) is 0 Å². The molecule has 2 aromatic heterocycles. The van der Waals surface area contributed by atoms with Gasteiger partial charge in [0.25, 0.3) is 0 Å². The highest BCUT2D eigenvalue weighted by molar-refractivity contribution is 5.99. The quantitative estimate of drug-likeness (QED) is 0.580. The van der Waals surface area contributed by atoms with E-state index in [1.54, 1.807) is 30.7 Å². The molecule has 0 unspecified atom stereocenters. The number of hydrogen-bond donors (Lipinski definition) is 3. The third-order valence-electron chi connectivity index (χ3n) is 2.28. The Morgan fingerprint density at radius 1 is 1.28 bits per heavy atom. The van der Waals surface area contributed by atoms with E-state index in [-0.39, 0.29) is 18.2 Å². The molecule has 2 heterocycles. The molecule has 0 amide bonds. The molecule has 6 heteroatoms. The number of pyridine rings is 2. The zero-order chi connectivity index (χ0) is 12.1. The van der Waals surface area contributed by atoms with Crippen LogP contribution in [0.5, 0.6) is 0 Å². The molecular weight excluding hydrogens is 250 g/mol. The van der Waals surface area contributed by atoms with E-state index >= 15 is 0 Å². The first-order chi connectivity index (χ1) is 8.27. The van der Waals surface area contributed by atoms with E-state index in [4.69, 9.17) is 11.1 Å². The van der Waals surface area contributed by atoms with Crippen molar-refractivity contribution in [1.82, 2.24) is 9.97 Å². The molecule has 0 spiro atoms. The number of nitrogens with one attached hydrogen (secondary N) is 2. The third-order valence-corrected chi connectivity index (χ3v) is 2.28. The second kappa shape index (κ2) is 6.56. The first-order valence-corrected chi connectivity index (χ1v) is 5.19. The van der Waals surface area contributed by atoms with Crippen LogP contribution in [0.25, 0.3) is 0 Å². The predicted octanol–water partition coefficient (Wildman–Crippen LogP) is 1.79. The molecule has 0 atom stereocenters. The number of nitrogens with two attached hydrogens (primary N) is 1. The Morgan fingerprint density at radius 2 is 2.06 bits per heavy atom. The number of hydrogen-bond acceptors (Lipinski definition) is 4. The molecule has 5 nitrogen and oxygen atoms in total. The molecule has 2 aromatic rings. The fourth-order valence-corrected chi connectivity index (χ4v) is 1.45. The summed E-state index contributed by atoms with van der Waals surface area (Å²) in [6.45, 7) is 0.602. The van der Waals surface area contributed by atoms with Gasteiger partial charge >= 0.3 is 0 Å². The molecule has 0 radical (unpaired) electrons. The SMILES string of the molecule is Cl.N=C(N)c1cccnc1NCc1cccnc1. The lowest BCUT2D eigenvalue weighted by molar-refractivity contribution is 1.08. The number of rotatable bonds is 4. The number of nitrogen functional groups attached to an aromatic ring is 1. The van der Waals surface area contributed by atoms with Gasteiger partial charge in [0.1, 0.15) is 11.7 Å². The fraction of sp³-hybridized carbons (Fsp3) is 0.0833. The topological polar surface area (TPSA) is 87.7 Å². The highest BCUT2D eigenvalue weighted by Gasteiger charge is 2.05. The standard InChI is InChI=1S/C12H13N5.ClH/c13-11(14)10-4-2-6-16-12(10)17-8-9-3-1-5-15-7-9;/h1-7H,8H2,(H3,13,14)(H,16,17);1H. The van der Waals surface area contributed by atoms with Gasteiger partial charge in [-0.25, -0.2) is 4.98 Å². The van der Waals surface area contributed by atoms with E-state index in [1.165, 1.54) is 0 Å². The molecule has 0 aliphatic heterocycles. The van der Waals surface area contributed by atoms with Gasteiger partial charge in [0.2, 0.25) is 0 Å². The maximum Gasteiger partial charge on any atom is 0.137 e. The lowest BCUT2D eigenvalue weighted by Crippen LogP contribution is -2.15. The summed E-state index contributed by atoms with van der Waals surface area (Å²) in [7, 11) is 0. The van der Waals surface area contributed by atoms with Crippen molar-refractivity contribution in [3.8, 4) is 0 Å². The molecule has 0 aliphatic carbocycles. The summed E-state index contributed by atoms with van der Waals surface area (Å²) in [4.78, 5) is 8.19. The third kappa shape index (κ3) is 3.43. The summed E-state index contributed by atoms with van der Waals surface area (Å²) in [5, 5.41) is 10.6. The van der Waals surface area contributed by atoms with Crippen molar-refractivity contribution in [2.45, 2.75) is 6.54 Å². The maximum absolute atomic E-state index is 7.44. The first kappa shape index (κ1) is 13.9. The van der Waals surface area contributed by atoms with Gasteiger partial charge in [-0.05, 0) is 23.8 Å². The van der Waals surface area contributed by atoms with Crippen LogP contribution in [0.3, 0.4) is 0 Å². The van der Waals surface area contributed by atoms with Gasteiger partial charge in [-0.1, -0.05) is 6.07 Å². The Balaban J connectivity index is 0.00000162. The van der Waals surface area contributed by atoms with Crippen LogP contribution in [0.4, 0.5) is 5.82 Å². The van der Waals surface area contributed by atoms with E-state index < -0.39 is 0 Å². The van der Waals surface area contributed by atoms with Crippen molar-refractivity contribution in [3.63, 3.8) is 0 Å². The summed E-state index contributed by atoms with van der Waals surface area (Å²) in [5.41, 5.74) is 7.13. The summed E-state index contributed by atoms with van der Waals surface area (Å²) >= 11 is 0. The van der Waals surface area contributed by atoms with E-state index in [0.717, 1.165) is 5.56 Å². The molecule has 4 N–H and O–H groups in total. The molecule has 0 saturated carbocycles. The lowest BCUT2D eigenvalue weighted by atomic mass is 10.2. The van der Waals surface area contributed by atoms with Crippen LogP contribution in [-0.2, 0) is 6.54 Å². The van der Waals surface area contributed by atoms with Crippen LogP contribution >= 0.6 is 12.4 Å². The zero-order valence-corrected chi connectivity index (χ0v) is 10.4. The highest BCUT2D eigenvalue weighted by Crippen LogP contribution is 2.11. The summed E-state index contributed by atoms with van der Waals surface area (Å²) in [6, 6.07) is 7.37. The predicted molar refractivity (Wildman–Crippen MR) is 74.1 cm³/mol. The fourth-order valence-electron chi connectivity index (χ4n) is 1.45. The van der Waals surface area contributed by atoms with Crippen LogP contribution < -0.4 is 11.1 Å². The molecule has 18 heavy (non-hydrogen) atoms. The zero-order valence-electron chi connectivity index (χ0n) is 9.63. The largest absolute Gasteiger partial charge is 0.384 e. The van der Waals surface area contributed by atoms with E-state index in [9.17, 15) is 0 Å². The average Bonchev–Trinajstić information content (AvgIpc) is 2.38. The Bertz CT molecular complexity index is 515. The normalized spacial score (nSPS) is 9.33. The van der Waals surface area contributed by atoms with Crippen LogP contribution in [0.1, 0.15) is 11.1 Å². The van der Waals surface area contributed by atoms with E-state index in [1.807, 2.05) is 12.1 Å². The lowest BCUT2D eigenvalue weighted by Gasteiger charge is -2.09. The molecule has 0 aliphatic rings. The molecule has 0 fully saturated rings. The molecular formula is C12H14ClN5. The Kier molecular flexibility index (Phi) is 5.07. The monoisotopic (exact) mass is 263 g/mol. The van der Waals surface area contributed by atoms with Crippen molar-refractivity contribution in [3.05, 3.63) is 54.0 Å². The van der Waals surface area contributed by atoms with Gasteiger partial charge in [0, 0.05) is 25.1 Å². The average molecular weight is 264 g/mol. The number of halogens is 1. The minimum atomic E-state index is 0. The molecule has 2 rings (SSSR count). The number of anilines is 1. The number of aromatic nitrogens is 2. The Morgan fingerprint density at radius 3 is 2.72 bits per heavy atom. The van der Waals surface area contributed by atoms with Crippen molar-refractivity contribution in [1.29, 1.82) is 5.41 Å². The second-order valence-corrected chi connectivity index (χ2v) is 3.53. The maximum atomic E-state index is 7.44. The molecule has 0 saturated heterocycles. The van der Waals surface area contributed by atoms with Crippen LogP contribution in [0.2, 0.25) is 0 Å². The summed E-state index contributed by atoms with van der Waals surface area (Å²) in [5.74, 6) is 0.621. The van der Waals surface area contributed by atoms with Crippen molar-refractivity contribution in [2.24, 2.45) is 5.73 Å². The number of amidine groups is 1. The van der Waals surface area contributed by atoms with E-state index in [0.29, 0.717) is 17.9 Å². The minimum absolute atomic E-state index is 0. The summed E-state index contributed by atoms with van der Waals surface area (Å²) in [6.07, 6.45) is 5.17. The van der Waals surface area contributed by atoms with Gasteiger partial charge in [0.15, 0.2) is 0 Å². The number of nitrogens with zero attached hydrogens (tertiary/aromatic N) is 2. The summed E-state index contributed by atoms with van der Waals surface area (Å²) < 4.78 is 0. The van der Waals surface area contributed by atoms with E-state index in [2.05, 4.69) is 15.3 Å². The van der Waals surface area contributed by atoms with Crippen LogP contribution in [0.15, 0.2) is 42.9 Å².